The van der Waals surface area contributed by atoms with Crippen molar-refractivity contribution in [2.24, 2.45) is 0 Å². The van der Waals surface area contributed by atoms with Crippen LogP contribution in [0.1, 0.15) is 22.1 Å². The first-order valence-corrected chi connectivity index (χ1v) is 9.14. The Balaban J connectivity index is 1.76. The van der Waals surface area contributed by atoms with Gasteiger partial charge in [-0.25, -0.2) is 0 Å². The number of amides is 1. The summed E-state index contributed by atoms with van der Waals surface area (Å²) in [6.07, 6.45) is -4.18. The summed E-state index contributed by atoms with van der Waals surface area (Å²) in [7, 11) is 1.57. The topological polar surface area (TPSA) is 29.5 Å². The van der Waals surface area contributed by atoms with Crippen molar-refractivity contribution in [3.8, 4) is 5.75 Å². The van der Waals surface area contributed by atoms with Gasteiger partial charge in [0.15, 0.2) is 0 Å². The molecule has 0 aromatic heterocycles. The van der Waals surface area contributed by atoms with E-state index in [0.29, 0.717) is 23.6 Å². The van der Waals surface area contributed by atoms with Crippen molar-refractivity contribution in [3.05, 3.63) is 65.2 Å². The molecule has 138 valence electrons. The smallest absolute Gasteiger partial charge is 0.416 e. The number of hydrogen-bond donors (Lipinski definition) is 0. The lowest BCUT2D eigenvalue weighted by Gasteiger charge is -2.25. The minimum absolute atomic E-state index is 0.0948. The van der Waals surface area contributed by atoms with Crippen LogP contribution < -0.4 is 4.74 Å². The largest absolute Gasteiger partial charge is 0.497 e. The number of thioether (sulfide) groups is 1. The van der Waals surface area contributed by atoms with E-state index in [1.165, 1.54) is 17.8 Å². The zero-order valence-electron chi connectivity index (χ0n) is 14.1. The summed E-state index contributed by atoms with van der Waals surface area (Å²) >= 11 is 1.49. The number of alkyl halides is 3. The highest BCUT2D eigenvalue weighted by molar-refractivity contribution is 7.99. The van der Waals surface area contributed by atoms with E-state index in [-0.39, 0.29) is 17.7 Å². The van der Waals surface area contributed by atoms with Crippen LogP contribution in [0.3, 0.4) is 0 Å². The summed E-state index contributed by atoms with van der Waals surface area (Å²) in [6.45, 7) is 0.528. The molecule has 7 heteroatoms. The first-order chi connectivity index (χ1) is 12.4. The van der Waals surface area contributed by atoms with Crippen LogP contribution in [0.5, 0.6) is 5.75 Å². The molecular weight excluding hydrogens is 363 g/mol. The van der Waals surface area contributed by atoms with Crippen molar-refractivity contribution in [1.82, 2.24) is 4.90 Å². The van der Waals surface area contributed by atoms with Crippen LogP contribution in [0.4, 0.5) is 13.2 Å². The van der Waals surface area contributed by atoms with Gasteiger partial charge in [-0.15, -0.1) is 11.8 Å². The first-order valence-electron chi connectivity index (χ1n) is 8.09. The molecule has 1 saturated heterocycles. The maximum Gasteiger partial charge on any atom is 0.416 e. The Kier molecular flexibility index (Phi) is 5.46. The number of hydrogen-bond acceptors (Lipinski definition) is 3. The summed E-state index contributed by atoms with van der Waals surface area (Å²) in [5.41, 5.74) is 0.658. The molecule has 2 aromatic rings. The average molecular weight is 381 g/mol. The Bertz CT molecular complexity index is 777. The van der Waals surface area contributed by atoms with E-state index in [0.717, 1.165) is 17.7 Å². The number of carbonyl (C=O) groups excluding carboxylic acids is 1. The molecule has 1 amide bonds. The Morgan fingerprint density at radius 2 is 1.96 bits per heavy atom. The van der Waals surface area contributed by atoms with Crippen molar-refractivity contribution in [2.45, 2.75) is 18.0 Å². The molecule has 0 aliphatic carbocycles. The number of ether oxygens (including phenoxy) is 1. The molecule has 0 spiro atoms. The van der Waals surface area contributed by atoms with Crippen LogP contribution in [-0.4, -0.2) is 30.2 Å². The molecule has 1 heterocycles. The molecule has 26 heavy (non-hydrogen) atoms. The highest BCUT2D eigenvalue weighted by Gasteiger charge is 2.34. The minimum Gasteiger partial charge on any atom is -0.497 e. The number of nitrogens with zero attached hydrogens (tertiary/aromatic N) is 1. The third-order valence-electron chi connectivity index (χ3n) is 4.22. The number of rotatable bonds is 4. The highest BCUT2D eigenvalue weighted by atomic mass is 32.2. The standard InChI is InChI=1S/C19H18F3NO2S/c1-25-16-7-5-13(6-8-16)11-17(24)23-9-10-26-18(23)14-3-2-4-15(12-14)19(20,21)22/h2-8,12,18H,9-11H2,1H3. The molecule has 0 N–H and O–H groups in total. The van der Waals surface area contributed by atoms with Crippen LogP contribution >= 0.6 is 11.8 Å². The molecular formula is C19H18F3NO2S. The third-order valence-corrected chi connectivity index (χ3v) is 5.49. The molecule has 1 unspecified atom stereocenters. The van der Waals surface area contributed by atoms with E-state index in [2.05, 4.69) is 0 Å². The number of benzene rings is 2. The van der Waals surface area contributed by atoms with E-state index in [1.807, 2.05) is 12.1 Å². The van der Waals surface area contributed by atoms with Gasteiger partial charge in [0.1, 0.15) is 11.1 Å². The summed E-state index contributed by atoms with van der Waals surface area (Å²) in [4.78, 5) is 14.4. The fourth-order valence-corrected chi connectivity index (χ4v) is 4.16. The SMILES string of the molecule is COc1ccc(CC(=O)N2CCSC2c2cccc(C(F)(F)F)c2)cc1. The fourth-order valence-electron chi connectivity index (χ4n) is 2.89. The van der Waals surface area contributed by atoms with Crippen LogP contribution in [0.15, 0.2) is 48.5 Å². The molecule has 3 rings (SSSR count). The molecule has 1 aliphatic rings. The highest BCUT2D eigenvalue weighted by Crippen LogP contribution is 2.40. The van der Waals surface area contributed by atoms with Crippen LogP contribution in [0.25, 0.3) is 0 Å². The van der Waals surface area contributed by atoms with Gasteiger partial charge in [0.2, 0.25) is 5.91 Å². The third kappa shape index (κ3) is 4.15. The van der Waals surface area contributed by atoms with Gasteiger partial charge in [-0.2, -0.15) is 13.2 Å². The van der Waals surface area contributed by atoms with Gasteiger partial charge in [0, 0.05) is 12.3 Å². The zero-order chi connectivity index (χ0) is 18.7. The number of methoxy groups -OCH3 is 1. The Morgan fingerprint density at radius 3 is 2.62 bits per heavy atom. The first kappa shape index (κ1) is 18.6. The Labute approximate surface area is 154 Å². The normalized spacial score (nSPS) is 17.4. The maximum atomic E-state index is 13.0. The second-order valence-corrected chi connectivity index (χ2v) is 7.15. The summed E-state index contributed by atoms with van der Waals surface area (Å²) in [5, 5.41) is -0.386. The van der Waals surface area contributed by atoms with Crippen molar-refractivity contribution >= 4 is 17.7 Å². The Morgan fingerprint density at radius 1 is 1.23 bits per heavy atom. The monoisotopic (exact) mass is 381 g/mol. The predicted molar refractivity (Wildman–Crippen MR) is 95.1 cm³/mol. The van der Waals surface area contributed by atoms with Gasteiger partial charge in [-0.05, 0) is 35.4 Å². The van der Waals surface area contributed by atoms with Gasteiger partial charge in [-0.3, -0.25) is 4.79 Å². The van der Waals surface area contributed by atoms with E-state index in [1.54, 1.807) is 30.2 Å². The van der Waals surface area contributed by atoms with Crippen molar-refractivity contribution in [2.75, 3.05) is 19.4 Å². The fraction of sp³-hybridized carbons (Fsp3) is 0.316. The van der Waals surface area contributed by atoms with Gasteiger partial charge < -0.3 is 9.64 Å². The molecule has 0 radical (unpaired) electrons. The molecule has 0 saturated carbocycles. The predicted octanol–water partition coefficient (Wildman–Crippen LogP) is 4.53. The molecule has 1 fully saturated rings. The van der Waals surface area contributed by atoms with Crippen LogP contribution in [-0.2, 0) is 17.4 Å². The van der Waals surface area contributed by atoms with Gasteiger partial charge >= 0.3 is 6.18 Å². The Hall–Kier alpha value is -2.15. The second-order valence-electron chi connectivity index (χ2n) is 5.96. The summed E-state index contributed by atoms with van der Waals surface area (Å²) in [6, 6.07) is 12.4. The van der Waals surface area contributed by atoms with E-state index >= 15 is 0 Å². The maximum absolute atomic E-state index is 13.0. The van der Waals surface area contributed by atoms with Crippen molar-refractivity contribution in [1.29, 1.82) is 0 Å². The lowest BCUT2D eigenvalue weighted by molar-refractivity contribution is -0.137. The zero-order valence-corrected chi connectivity index (χ0v) is 14.9. The molecule has 3 nitrogen and oxygen atoms in total. The van der Waals surface area contributed by atoms with E-state index in [9.17, 15) is 18.0 Å². The number of carbonyl (C=O) groups is 1. The van der Waals surface area contributed by atoms with E-state index < -0.39 is 11.7 Å². The summed E-state index contributed by atoms with van der Waals surface area (Å²) in [5.74, 6) is 1.32. The second kappa shape index (κ2) is 7.61. The molecule has 0 bridgehead atoms. The van der Waals surface area contributed by atoms with Crippen molar-refractivity contribution < 1.29 is 22.7 Å². The molecule has 1 atom stereocenters. The lowest BCUT2D eigenvalue weighted by Crippen LogP contribution is -2.31. The van der Waals surface area contributed by atoms with Crippen molar-refractivity contribution in [3.63, 3.8) is 0 Å². The van der Waals surface area contributed by atoms with Crippen LogP contribution in [0.2, 0.25) is 0 Å². The van der Waals surface area contributed by atoms with E-state index in [4.69, 9.17) is 4.74 Å². The number of halogens is 3. The summed E-state index contributed by atoms with van der Waals surface area (Å²) < 4.78 is 44.0. The van der Waals surface area contributed by atoms with Gasteiger partial charge in [0.25, 0.3) is 0 Å². The van der Waals surface area contributed by atoms with Crippen LogP contribution in [0, 0.1) is 0 Å². The lowest BCUT2D eigenvalue weighted by atomic mass is 10.1. The van der Waals surface area contributed by atoms with Gasteiger partial charge in [-0.1, -0.05) is 24.3 Å². The average Bonchev–Trinajstić information content (AvgIpc) is 3.12. The minimum atomic E-state index is -4.39. The van der Waals surface area contributed by atoms with Gasteiger partial charge in [0.05, 0.1) is 19.1 Å². The quantitative estimate of drug-likeness (QED) is 0.779. The molecule has 1 aliphatic heterocycles. The molecule has 2 aromatic carbocycles.